The van der Waals surface area contributed by atoms with Gasteiger partial charge in [-0.25, -0.2) is 4.98 Å². The SMILES string of the molecule is CCCCCCCC(Cc1nccn1C)NCC. The van der Waals surface area contributed by atoms with Gasteiger partial charge in [0.05, 0.1) is 0 Å². The quantitative estimate of drug-likeness (QED) is 0.647. The normalized spacial score (nSPS) is 12.8. The average molecular weight is 251 g/mol. The van der Waals surface area contributed by atoms with Crippen molar-refractivity contribution in [3.63, 3.8) is 0 Å². The fraction of sp³-hybridized carbons (Fsp3) is 0.800. The predicted molar refractivity (Wildman–Crippen MR) is 77.8 cm³/mol. The van der Waals surface area contributed by atoms with Crippen LogP contribution in [0.15, 0.2) is 12.4 Å². The molecule has 0 aliphatic carbocycles. The Labute approximate surface area is 112 Å². The molecule has 0 aliphatic heterocycles. The lowest BCUT2D eigenvalue weighted by Gasteiger charge is -2.17. The van der Waals surface area contributed by atoms with Crippen molar-refractivity contribution in [2.24, 2.45) is 7.05 Å². The van der Waals surface area contributed by atoms with Crippen LogP contribution < -0.4 is 5.32 Å². The average Bonchev–Trinajstić information content (AvgIpc) is 2.75. The van der Waals surface area contributed by atoms with Gasteiger partial charge in [-0.05, 0) is 13.0 Å². The van der Waals surface area contributed by atoms with Crippen molar-refractivity contribution in [3.05, 3.63) is 18.2 Å². The van der Waals surface area contributed by atoms with Crippen molar-refractivity contribution in [1.29, 1.82) is 0 Å². The lowest BCUT2D eigenvalue weighted by Crippen LogP contribution is -2.31. The van der Waals surface area contributed by atoms with Gasteiger partial charge in [0, 0.05) is 31.9 Å². The Bertz CT molecular complexity index is 306. The zero-order chi connectivity index (χ0) is 13.2. The molecule has 0 fully saturated rings. The maximum atomic E-state index is 4.42. The van der Waals surface area contributed by atoms with E-state index in [9.17, 15) is 0 Å². The van der Waals surface area contributed by atoms with Crippen LogP contribution in [-0.2, 0) is 13.5 Å². The first-order chi connectivity index (χ1) is 8.77. The molecule has 18 heavy (non-hydrogen) atoms. The highest BCUT2D eigenvalue weighted by Gasteiger charge is 2.10. The molecule has 1 atom stereocenters. The van der Waals surface area contributed by atoms with E-state index in [0.717, 1.165) is 13.0 Å². The highest BCUT2D eigenvalue weighted by Crippen LogP contribution is 2.10. The molecule has 1 aromatic rings. The Morgan fingerprint density at radius 3 is 2.61 bits per heavy atom. The molecule has 1 heterocycles. The van der Waals surface area contributed by atoms with Crippen molar-refractivity contribution >= 4 is 0 Å². The molecule has 3 nitrogen and oxygen atoms in total. The van der Waals surface area contributed by atoms with Crippen LogP contribution in [0.5, 0.6) is 0 Å². The van der Waals surface area contributed by atoms with Gasteiger partial charge in [0.25, 0.3) is 0 Å². The molecule has 0 spiro atoms. The first kappa shape index (κ1) is 15.2. The molecule has 0 aromatic carbocycles. The van der Waals surface area contributed by atoms with E-state index in [1.165, 1.54) is 44.3 Å². The molecule has 0 aliphatic rings. The largest absolute Gasteiger partial charge is 0.338 e. The van der Waals surface area contributed by atoms with E-state index in [1.54, 1.807) is 0 Å². The number of nitrogens with one attached hydrogen (secondary N) is 1. The molecule has 0 bridgehead atoms. The number of aromatic nitrogens is 2. The number of nitrogens with zero attached hydrogens (tertiary/aromatic N) is 2. The van der Waals surface area contributed by atoms with Crippen molar-refractivity contribution in [2.75, 3.05) is 6.54 Å². The summed E-state index contributed by atoms with van der Waals surface area (Å²) in [4.78, 5) is 4.42. The summed E-state index contributed by atoms with van der Waals surface area (Å²) in [5.41, 5.74) is 0. The summed E-state index contributed by atoms with van der Waals surface area (Å²) in [7, 11) is 2.08. The number of hydrogen-bond acceptors (Lipinski definition) is 2. The zero-order valence-corrected chi connectivity index (χ0v) is 12.3. The minimum Gasteiger partial charge on any atom is -0.338 e. The standard InChI is InChI=1S/C15H29N3/c1-4-6-7-8-9-10-14(16-5-2)13-15-17-11-12-18(15)3/h11-12,14,16H,4-10,13H2,1-3H3. The van der Waals surface area contributed by atoms with Crippen LogP contribution in [0.3, 0.4) is 0 Å². The van der Waals surface area contributed by atoms with Gasteiger partial charge in [-0.1, -0.05) is 46.0 Å². The van der Waals surface area contributed by atoms with Gasteiger partial charge in [0.15, 0.2) is 0 Å². The summed E-state index contributed by atoms with van der Waals surface area (Å²) < 4.78 is 2.13. The highest BCUT2D eigenvalue weighted by molar-refractivity contribution is 4.94. The van der Waals surface area contributed by atoms with Gasteiger partial charge >= 0.3 is 0 Å². The molecular formula is C15H29N3. The smallest absolute Gasteiger partial charge is 0.109 e. The summed E-state index contributed by atoms with van der Waals surface area (Å²) in [6.07, 6.45) is 13.0. The second-order valence-electron chi connectivity index (χ2n) is 5.12. The lowest BCUT2D eigenvalue weighted by molar-refractivity contribution is 0.450. The number of rotatable bonds is 10. The Hall–Kier alpha value is -0.830. The summed E-state index contributed by atoms with van der Waals surface area (Å²) in [5.74, 6) is 1.19. The number of aryl methyl sites for hydroxylation is 1. The third-order valence-electron chi connectivity index (χ3n) is 3.50. The van der Waals surface area contributed by atoms with Crippen LogP contribution in [0.1, 0.15) is 58.2 Å². The molecule has 104 valence electrons. The Morgan fingerprint density at radius 2 is 2.00 bits per heavy atom. The molecule has 1 rings (SSSR count). The van der Waals surface area contributed by atoms with Gasteiger partial charge in [-0.3, -0.25) is 0 Å². The van der Waals surface area contributed by atoms with Gasteiger partial charge in [-0.2, -0.15) is 0 Å². The number of hydrogen-bond donors (Lipinski definition) is 1. The van der Waals surface area contributed by atoms with Gasteiger partial charge < -0.3 is 9.88 Å². The predicted octanol–water partition coefficient (Wildman–Crippen LogP) is 3.30. The number of imidazole rings is 1. The topological polar surface area (TPSA) is 29.9 Å². The van der Waals surface area contributed by atoms with Crippen LogP contribution in [0.25, 0.3) is 0 Å². The third kappa shape index (κ3) is 5.67. The summed E-state index contributed by atoms with van der Waals surface area (Å²) >= 11 is 0. The second-order valence-corrected chi connectivity index (χ2v) is 5.12. The van der Waals surface area contributed by atoms with Crippen molar-refractivity contribution < 1.29 is 0 Å². The highest BCUT2D eigenvalue weighted by atomic mass is 15.0. The first-order valence-electron chi connectivity index (χ1n) is 7.47. The zero-order valence-electron chi connectivity index (χ0n) is 12.3. The molecule has 0 saturated heterocycles. The minimum absolute atomic E-state index is 0.581. The van der Waals surface area contributed by atoms with E-state index in [4.69, 9.17) is 0 Å². The van der Waals surface area contributed by atoms with Gasteiger partial charge in [0.2, 0.25) is 0 Å². The number of likely N-dealkylation sites (N-methyl/N-ethyl adjacent to an activating group) is 1. The molecule has 1 unspecified atom stereocenters. The Morgan fingerprint density at radius 1 is 1.22 bits per heavy atom. The summed E-state index contributed by atoms with van der Waals surface area (Å²) in [6, 6.07) is 0.581. The van der Waals surface area contributed by atoms with E-state index in [0.29, 0.717) is 6.04 Å². The fourth-order valence-corrected chi connectivity index (χ4v) is 2.37. The van der Waals surface area contributed by atoms with Crippen LogP contribution in [0.4, 0.5) is 0 Å². The van der Waals surface area contributed by atoms with E-state index < -0.39 is 0 Å². The van der Waals surface area contributed by atoms with Crippen LogP contribution in [0, 0.1) is 0 Å². The Balaban J connectivity index is 2.29. The fourth-order valence-electron chi connectivity index (χ4n) is 2.37. The Kier molecular flexibility index (Phi) is 7.74. The maximum absolute atomic E-state index is 4.42. The van der Waals surface area contributed by atoms with Crippen LogP contribution in [0.2, 0.25) is 0 Å². The maximum Gasteiger partial charge on any atom is 0.109 e. The molecular weight excluding hydrogens is 222 g/mol. The van der Waals surface area contributed by atoms with E-state index in [2.05, 4.69) is 35.8 Å². The molecule has 0 amide bonds. The molecule has 1 aromatic heterocycles. The summed E-state index contributed by atoms with van der Waals surface area (Å²) in [5, 5.41) is 3.59. The molecule has 0 saturated carbocycles. The molecule has 0 radical (unpaired) electrons. The van der Waals surface area contributed by atoms with Crippen molar-refractivity contribution in [1.82, 2.24) is 14.9 Å². The third-order valence-corrected chi connectivity index (χ3v) is 3.50. The van der Waals surface area contributed by atoms with E-state index in [1.807, 2.05) is 12.4 Å². The summed E-state index contributed by atoms with van der Waals surface area (Å²) in [6.45, 7) is 5.50. The minimum atomic E-state index is 0.581. The van der Waals surface area contributed by atoms with Gasteiger partial charge in [-0.15, -0.1) is 0 Å². The first-order valence-corrected chi connectivity index (χ1v) is 7.47. The lowest BCUT2D eigenvalue weighted by atomic mass is 10.0. The van der Waals surface area contributed by atoms with Crippen molar-refractivity contribution in [3.8, 4) is 0 Å². The monoisotopic (exact) mass is 251 g/mol. The van der Waals surface area contributed by atoms with Crippen LogP contribution >= 0.6 is 0 Å². The second kappa shape index (κ2) is 9.15. The van der Waals surface area contributed by atoms with Gasteiger partial charge in [0.1, 0.15) is 5.82 Å². The van der Waals surface area contributed by atoms with Crippen LogP contribution in [-0.4, -0.2) is 22.1 Å². The van der Waals surface area contributed by atoms with E-state index in [-0.39, 0.29) is 0 Å². The van der Waals surface area contributed by atoms with Crippen molar-refractivity contribution in [2.45, 2.75) is 64.8 Å². The number of unbranched alkanes of at least 4 members (excludes halogenated alkanes) is 4. The molecule has 1 N–H and O–H groups in total. The molecule has 3 heteroatoms. The van der Waals surface area contributed by atoms with E-state index >= 15 is 0 Å².